The largest absolute Gasteiger partial charge is 0.391 e. The third kappa shape index (κ3) is 3.25. The van der Waals surface area contributed by atoms with Gasteiger partial charge in [-0.15, -0.1) is 0 Å². The molecule has 7 heteroatoms. The molecule has 3 aromatic heterocycles. The number of aliphatic hydroxyl groups is 1. The summed E-state index contributed by atoms with van der Waals surface area (Å²) in [5.74, 6) is 1.76. The highest BCUT2D eigenvalue weighted by Gasteiger charge is 2.26. The summed E-state index contributed by atoms with van der Waals surface area (Å²) < 4.78 is 0. The Kier molecular flexibility index (Phi) is 4.30. The number of nitrogens with one attached hydrogen (secondary N) is 3. The summed E-state index contributed by atoms with van der Waals surface area (Å²) in [5, 5.41) is 17.9. The van der Waals surface area contributed by atoms with Gasteiger partial charge in [-0.05, 0) is 61.4 Å². The van der Waals surface area contributed by atoms with Gasteiger partial charge in [-0.2, -0.15) is 0 Å². The van der Waals surface area contributed by atoms with E-state index in [-0.39, 0.29) is 11.6 Å². The second-order valence-electron chi connectivity index (χ2n) is 6.72. The minimum atomic E-state index is -0.426. The second kappa shape index (κ2) is 6.76. The quantitative estimate of drug-likeness (QED) is 0.576. The summed E-state index contributed by atoms with van der Waals surface area (Å²) >= 11 is 0. The van der Waals surface area contributed by atoms with Crippen LogP contribution in [0.25, 0.3) is 10.8 Å². The zero-order chi connectivity index (χ0) is 18.1. The van der Waals surface area contributed by atoms with Gasteiger partial charge in [0.2, 0.25) is 0 Å². The predicted molar refractivity (Wildman–Crippen MR) is 102 cm³/mol. The topological polar surface area (TPSA) is 103 Å². The second-order valence-corrected chi connectivity index (χ2v) is 6.72. The average molecular weight is 351 g/mol. The maximum atomic E-state index is 12.3. The van der Waals surface area contributed by atoms with E-state index in [2.05, 4.69) is 25.6 Å². The summed E-state index contributed by atoms with van der Waals surface area (Å²) in [6.07, 6.45) is 5.50. The van der Waals surface area contributed by atoms with Gasteiger partial charge in [0.05, 0.1) is 17.5 Å². The van der Waals surface area contributed by atoms with Gasteiger partial charge in [0.25, 0.3) is 5.56 Å². The van der Waals surface area contributed by atoms with Gasteiger partial charge in [0.1, 0.15) is 17.5 Å². The molecule has 0 radical (unpaired) electrons. The molecule has 0 spiro atoms. The first kappa shape index (κ1) is 16.5. The van der Waals surface area contributed by atoms with Gasteiger partial charge >= 0.3 is 0 Å². The molecule has 1 aliphatic carbocycles. The van der Waals surface area contributed by atoms with E-state index in [1.807, 2.05) is 31.2 Å². The molecule has 2 atom stereocenters. The number of aliphatic hydroxyl groups excluding tert-OH is 1. The average Bonchev–Trinajstić information content (AvgIpc) is 3.00. The molecule has 0 saturated heterocycles. The van der Waals surface area contributed by atoms with E-state index in [0.29, 0.717) is 22.8 Å². The van der Waals surface area contributed by atoms with Crippen LogP contribution in [0.3, 0.4) is 0 Å². The summed E-state index contributed by atoms with van der Waals surface area (Å²) in [7, 11) is 0. The van der Waals surface area contributed by atoms with Gasteiger partial charge in [0.15, 0.2) is 0 Å². The number of hydrogen-bond acceptors (Lipinski definition) is 6. The van der Waals surface area contributed by atoms with Crippen LogP contribution in [0.1, 0.15) is 24.8 Å². The zero-order valence-corrected chi connectivity index (χ0v) is 14.5. The van der Waals surface area contributed by atoms with Crippen LogP contribution in [-0.4, -0.2) is 32.2 Å². The van der Waals surface area contributed by atoms with E-state index in [1.54, 1.807) is 12.4 Å². The highest BCUT2D eigenvalue weighted by atomic mass is 16.3. The maximum absolute atomic E-state index is 12.3. The number of aromatic amines is 1. The molecule has 3 heterocycles. The minimum absolute atomic E-state index is 0.0994. The standard InChI is InChI=1S/C19H21N5O2/c1-11-5-7-20-15(9-11)23-16-10-12-6-8-21-19(26)17(12)18(24-16)22-13-3-2-4-14(13)25/h5-10,13-14,25H,2-4H2,1H3,(H,21,26)(H2,20,22,23,24). The highest BCUT2D eigenvalue weighted by molar-refractivity contribution is 5.93. The molecular formula is C19H21N5O2. The number of nitrogens with zero attached hydrogens (tertiary/aromatic N) is 2. The fraction of sp³-hybridized carbons (Fsp3) is 0.316. The Hall–Kier alpha value is -2.93. The van der Waals surface area contributed by atoms with E-state index in [1.165, 1.54) is 0 Å². The molecular weight excluding hydrogens is 330 g/mol. The SMILES string of the molecule is Cc1ccnc(Nc2cc3cc[nH]c(=O)c3c(NC3CCCC3O)n2)c1. The fourth-order valence-corrected chi connectivity index (χ4v) is 3.40. The maximum Gasteiger partial charge on any atom is 0.259 e. The van der Waals surface area contributed by atoms with Crippen molar-refractivity contribution in [3.05, 3.63) is 52.6 Å². The van der Waals surface area contributed by atoms with Crippen molar-refractivity contribution in [2.75, 3.05) is 10.6 Å². The molecule has 4 N–H and O–H groups in total. The molecule has 134 valence electrons. The molecule has 7 nitrogen and oxygen atoms in total. The molecule has 3 aromatic rings. The number of aromatic nitrogens is 3. The third-order valence-corrected chi connectivity index (χ3v) is 4.73. The normalized spacial score (nSPS) is 19.6. The number of H-pyrrole nitrogens is 1. The van der Waals surface area contributed by atoms with Crippen LogP contribution in [0.4, 0.5) is 17.5 Å². The van der Waals surface area contributed by atoms with Crippen LogP contribution in [0.2, 0.25) is 0 Å². The van der Waals surface area contributed by atoms with Gasteiger partial charge in [-0.1, -0.05) is 0 Å². The van der Waals surface area contributed by atoms with Crippen molar-refractivity contribution >= 4 is 28.2 Å². The number of fused-ring (bicyclic) bond motifs is 1. The molecule has 0 aliphatic heterocycles. The molecule has 0 amide bonds. The smallest absolute Gasteiger partial charge is 0.259 e. The molecule has 0 aromatic carbocycles. The highest BCUT2D eigenvalue weighted by Crippen LogP contribution is 2.27. The summed E-state index contributed by atoms with van der Waals surface area (Å²) in [6, 6.07) is 7.41. The Morgan fingerprint density at radius 1 is 1.23 bits per heavy atom. The first-order valence-corrected chi connectivity index (χ1v) is 8.77. The Balaban J connectivity index is 1.76. The first-order chi connectivity index (χ1) is 12.6. The summed E-state index contributed by atoms with van der Waals surface area (Å²) in [6.45, 7) is 1.99. The van der Waals surface area contributed by atoms with Gasteiger partial charge in [-0.25, -0.2) is 9.97 Å². The van der Waals surface area contributed by atoms with Gasteiger partial charge in [0, 0.05) is 12.4 Å². The Morgan fingerprint density at radius 2 is 2.12 bits per heavy atom. The van der Waals surface area contributed by atoms with E-state index in [4.69, 9.17) is 0 Å². The van der Waals surface area contributed by atoms with Crippen LogP contribution in [0.15, 0.2) is 41.5 Å². The van der Waals surface area contributed by atoms with Crippen LogP contribution in [-0.2, 0) is 0 Å². The third-order valence-electron chi connectivity index (χ3n) is 4.73. The minimum Gasteiger partial charge on any atom is -0.391 e. The van der Waals surface area contributed by atoms with E-state index in [0.717, 1.165) is 30.2 Å². The Bertz CT molecular complexity index is 1000. The number of rotatable bonds is 4. The van der Waals surface area contributed by atoms with Crippen molar-refractivity contribution in [1.29, 1.82) is 0 Å². The van der Waals surface area contributed by atoms with Crippen molar-refractivity contribution in [1.82, 2.24) is 15.0 Å². The number of hydrogen-bond donors (Lipinski definition) is 4. The van der Waals surface area contributed by atoms with Crippen LogP contribution in [0.5, 0.6) is 0 Å². The molecule has 2 unspecified atom stereocenters. The van der Waals surface area contributed by atoms with Crippen molar-refractivity contribution < 1.29 is 5.11 Å². The molecule has 0 bridgehead atoms. The van der Waals surface area contributed by atoms with Crippen molar-refractivity contribution in [3.8, 4) is 0 Å². The lowest BCUT2D eigenvalue weighted by atomic mass is 10.1. The van der Waals surface area contributed by atoms with Crippen LogP contribution >= 0.6 is 0 Å². The summed E-state index contributed by atoms with van der Waals surface area (Å²) in [4.78, 5) is 23.9. The predicted octanol–water partition coefficient (Wildman–Crippen LogP) is 2.70. The molecule has 26 heavy (non-hydrogen) atoms. The molecule has 1 saturated carbocycles. The van der Waals surface area contributed by atoms with Crippen molar-refractivity contribution in [2.45, 2.75) is 38.3 Å². The Morgan fingerprint density at radius 3 is 2.88 bits per heavy atom. The van der Waals surface area contributed by atoms with Crippen molar-refractivity contribution in [2.24, 2.45) is 0 Å². The lowest BCUT2D eigenvalue weighted by molar-refractivity contribution is 0.171. The van der Waals surface area contributed by atoms with E-state index in [9.17, 15) is 9.90 Å². The van der Waals surface area contributed by atoms with E-state index >= 15 is 0 Å². The summed E-state index contributed by atoms with van der Waals surface area (Å²) in [5.41, 5.74) is 0.886. The number of pyridine rings is 3. The zero-order valence-electron chi connectivity index (χ0n) is 14.5. The number of anilines is 3. The Labute approximate surface area is 150 Å². The van der Waals surface area contributed by atoms with Crippen molar-refractivity contribution in [3.63, 3.8) is 0 Å². The molecule has 1 fully saturated rings. The lowest BCUT2D eigenvalue weighted by Gasteiger charge is -2.19. The van der Waals surface area contributed by atoms with E-state index < -0.39 is 6.10 Å². The van der Waals surface area contributed by atoms with Crippen LogP contribution in [0, 0.1) is 6.92 Å². The number of aryl methyl sites for hydroxylation is 1. The fourth-order valence-electron chi connectivity index (χ4n) is 3.40. The lowest BCUT2D eigenvalue weighted by Crippen LogP contribution is -2.29. The monoisotopic (exact) mass is 351 g/mol. The van der Waals surface area contributed by atoms with Crippen LogP contribution < -0.4 is 16.2 Å². The van der Waals surface area contributed by atoms with Gasteiger partial charge < -0.3 is 20.7 Å². The molecule has 4 rings (SSSR count). The van der Waals surface area contributed by atoms with Gasteiger partial charge in [-0.3, -0.25) is 4.79 Å². The first-order valence-electron chi connectivity index (χ1n) is 8.77. The molecule has 1 aliphatic rings.